The topological polar surface area (TPSA) is 24.1 Å². The number of benzene rings is 1. The highest BCUT2D eigenvalue weighted by atomic mass is 15.0. The van der Waals surface area contributed by atoms with Crippen LogP contribution in [0.15, 0.2) is 30.3 Å². The van der Waals surface area contributed by atoms with Crippen molar-refractivity contribution < 1.29 is 0 Å². The van der Waals surface area contributed by atoms with E-state index in [4.69, 9.17) is 0 Å². The molecule has 1 aliphatic heterocycles. The third-order valence-electron chi connectivity index (χ3n) is 3.42. The third-order valence-corrected chi connectivity index (χ3v) is 3.42. The molecule has 0 amide bonds. The zero-order valence-corrected chi connectivity index (χ0v) is 11.0. The molecule has 0 saturated carbocycles. The molecule has 1 saturated heterocycles. The van der Waals surface area contributed by atoms with Crippen LogP contribution >= 0.6 is 0 Å². The molecule has 2 N–H and O–H groups in total. The number of hydrogen-bond acceptors (Lipinski definition) is 2. The van der Waals surface area contributed by atoms with E-state index in [2.05, 4.69) is 54.8 Å². The second-order valence-electron chi connectivity index (χ2n) is 5.71. The summed E-state index contributed by atoms with van der Waals surface area (Å²) in [4.78, 5) is 0. The smallest absolute Gasteiger partial charge is 0.0168 e. The Morgan fingerprint density at radius 3 is 2.47 bits per heavy atom. The van der Waals surface area contributed by atoms with Crippen molar-refractivity contribution in [1.29, 1.82) is 0 Å². The van der Waals surface area contributed by atoms with Gasteiger partial charge in [-0.1, -0.05) is 30.3 Å². The Morgan fingerprint density at radius 2 is 1.82 bits per heavy atom. The van der Waals surface area contributed by atoms with Crippen LogP contribution in [0.1, 0.15) is 32.3 Å². The zero-order valence-electron chi connectivity index (χ0n) is 11.0. The predicted molar refractivity (Wildman–Crippen MR) is 73.3 cm³/mol. The first-order chi connectivity index (χ1) is 8.16. The Bertz CT molecular complexity index is 326. The molecule has 94 valence electrons. The van der Waals surface area contributed by atoms with Gasteiger partial charge in [-0.15, -0.1) is 0 Å². The van der Waals surface area contributed by atoms with Gasteiger partial charge in [0.15, 0.2) is 0 Å². The van der Waals surface area contributed by atoms with E-state index in [0.29, 0.717) is 6.04 Å². The lowest BCUT2D eigenvalue weighted by atomic mass is 9.92. The number of rotatable bonds is 4. The molecule has 1 aliphatic rings. The summed E-state index contributed by atoms with van der Waals surface area (Å²) < 4.78 is 0. The molecule has 2 nitrogen and oxygen atoms in total. The van der Waals surface area contributed by atoms with Crippen molar-refractivity contribution in [3.63, 3.8) is 0 Å². The van der Waals surface area contributed by atoms with Gasteiger partial charge in [-0.2, -0.15) is 0 Å². The normalized spacial score (nSPS) is 18.2. The van der Waals surface area contributed by atoms with Crippen molar-refractivity contribution in [2.45, 2.75) is 44.7 Å². The van der Waals surface area contributed by atoms with Gasteiger partial charge in [0.25, 0.3) is 0 Å². The molecule has 0 spiro atoms. The Balaban J connectivity index is 1.89. The highest BCUT2D eigenvalue weighted by Crippen LogP contribution is 2.15. The molecular formula is C15H24N2. The van der Waals surface area contributed by atoms with Crippen LogP contribution in [0.3, 0.4) is 0 Å². The lowest BCUT2D eigenvalue weighted by Gasteiger charge is -2.34. The fraction of sp³-hybridized carbons (Fsp3) is 0.600. The molecule has 0 radical (unpaired) electrons. The standard InChI is InChI=1S/C15H24N2/c1-15(2,12-13-6-4-3-5-7-13)17-14-8-10-16-11-9-14/h3-7,14,16-17H,8-12H2,1-2H3. The maximum Gasteiger partial charge on any atom is 0.0168 e. The molecule has 0 unspecified atom stereocenters. The first kappa shape index (κ1) is 12.6. The summed E-state index contributed by atoms with van der Waals surface area (Å²) in [5, 5.41) is 7.21. The SMILES string of the molecule is CC(C)(Cc1ccccc1)NC1CCNCC1. The van der Waals surface area contributed by atoms with Crippen LogP contribution in [-0.2, 0) is 6.42 Å². The van der Waals surface area contributed by atoms with E-state index in [-0.39, 0.29) is 5.54 Å². The van der Waals surface area contributed by atoms with Crippen molar-refractivity contribution in [2.75, 3.05) is 13.1 Å². The van der Waals surface area contributed by atoms with Crippen LogP contribution in [0, 0.1) is 0 Å². The van der Waals surface area contributed by atoms with E-state index in [0.717, 1.165) is 19.5 Å². The van der Waals surface area contributed by atoms with Crippen molar-refractivity contribution in [3.8, 4) is 0 Å². The summed E-state index contributed by atoms with van der Waals surface area (Å²) in [6.07, 6.45) is 3.59. The molecule has 2 heteroatoms. The van der Waals surface area contributed by atoms with Crippen LogP contribution in [0.2, 0.25) is 0 Å². The van der Waals surface area contributed by atoms with E-state index in [1.54, 1.807) is 0 Å². The quantitative estimate of drug-likeness (QED) is 0.832. The van der Waals surface area contributed by atoms with Crippen LogP contribution in [0.5, 0.6) is 0 Å². The van der Waals surface area contributed by atoms with Crippen molar-refractivity contribution >= 4 is 0 Å². The molecule has 1 heterocycles. The molecule has 0 atom stereocenters. The van der Waals surface area contributed by atoms with Gasteiger partial charge < -0.3 is 10.6 Å². The van der Waals surface area contributed by atoms with Crippen LogP contribution in [0.4, 0.5) is 0 Å². The molecule has 1 aromatic rings. The minimum atomic E-state index is 0.184. The zero-order chi connectivity index (χ0) is 12.1. The number of nitrogens with one attached hydrogen (secondary N) is 2. The van der Waals surface area contributed by atoms with Gasteiger partial charge in [-0.25, -0.2) is 0 Å². The summed E-state index contributed by atoms with van der Waals surface area (Å²) in [5.74, 6) is 0. The molecule has 1 fully saturated rings. The van der Waals surface area contributed by atoms with E-state index in [1.165, 1.54) is 18.4 Å². The minimum Gasteiger partial charge on any atom is -0.317 e. The van der Waals surface area contributed by atoms with E-state index < -0.39 is 0 Å². The van der Waals surface area contributed by atoms with Crippen molar-refractivity contribution in [3.05, 3.63) is 35.9 Å². The van der Waals surface area contributed by atoms with Gasteiger partial charge in [-0.05, 0) is 51.8 Å². The second kappa shape index (κ2) is 5.65. The minimum absolute atomic E-state index is 0.184. The summed E-state index contributed by atoms with van der Waals surface area (Å²) in [5.41, 5.74) is 1.60. The largest absolute Gasteiger partial charge is 0.317 e. The molecule has 2 rings (SSSR count). The van der Waals surface area contributed by atoms with Crippen molar-refractivity contribution in [1.82, 2.24) is 10.6 Å². The molecule has 0 aliphatic carbocycles. The summed E-state index contributed by atoms with van der Waals surface area (Å²) in [6.45, 7) is 6.92. The average molecular weight is 232 g/mol. The number of hydrogen-bond donors (Lipinski definition) is 2. The van der Waals surface area contributed by atoms with Gasteiger partial charge in [0.05, 0.1) is 0 Å². The van der Waals surface area contributed by atoms with Crippen LogP contribution < -0.4 is 10.6 Å². The first-order valence-corrected chi connectivity index (χ1v) is 6.68. The summed E-state index contributed by atoms with van der Waals surface area (Å²) >= 11 is 0. The molecule has 0 aromatic heterocycles. The Hall–Kier alpha value is -0.860. The molecule has 17 heavy (non-hydrogen) atoms. The fourth-order valence-electron chi connectivity index (χ4n) is 2.68. The Labute approximate surface area is 105 Å². The summed E-state index contributed by atoms with van der Waals surface area (Å²) in [6, 6.07) is 11.4. The maximum atomic E-state index is 3.80. The highest BCUT2D eigenvalue weighted by molar-refractivity contribution is 5.17. The van der Waals surface area contributed by atoms with Crippen LogP contribution in [0.25, 0.3) is 0 Å². The van der Waals surface area contributed by atoms with Gasteiger partial charge >= 0.3 is 0 Å². The monoisotopic (exact) mass is 232 g/mol. The van der Waals surface area contributed by atoms with Gasteiger partial charge in [0.1, 0.15) is 0 Å². The highest BCUT2D eigenvalue weighted by Gasteiger charge is 2.23. The van der Waals surface area contributed by atoms with Gasteiger partial charge in [0.2, 0.25) is 0 Å². The lowest BCUT2D eigenvalue weighted by molar-refractivity contribution is 0.286. The van der Waals surface area contributed by atoms with Crippen molar-refractivity contribution in [2.24, 2.45) is 0 Å². The Kier molecular flexibility index (Phi) is 4.19. The Morgan fingerprint density at radius 1 is 1.18 bits per heavy atom. The van der Waals surface area contributed by atoms with Gasteiger partial charge in [-0.3, -0.25) is 0 Å². The van der Waals surface area contributed by atoms with Gasteiger partial charge in [0, 0.05) is 11.6 Å². The number of piperidine rings is 1. The maximum absolute atomic E-state index is 3.80. The van der Waals surface area contributed by atoms with E-state index in [1.807, 2.05) is 0 Å². The van der Waals surface area contributed by atoms with Crippen LogP contribution in [-0.4, -0.2) is 24.7 Å². The predicted octanol–water partition coefficient (Wildman–Crippen LogP) is 2.35. The lowest BCUT2D eigenvalue weighted by Crippen LogP contribution is -2.51. The van der Waals surface area contributed by atoms with E-state index in [9.17, 15) is 0 Å². The first-order valence-electron chi connectivity index (χ1n) is 6.68. The molecular weight excluding hydrogens is 208 g/mol. The summed E-state index contributed by atoms with van der Waals surface area (Å²) in [7, 11) is 0. The average Bonchev–Trinajstić information content (AvgIpc) is 2.30. The second-order valence-corrected chi connectivity index (χ2v) is 5.71. The fourth-order valence-corrected chi connectivity index (χ4v) is 2.68. The molecule has 1 aromatic carbocycles. The molecule has 0 bridgehead atoms. The van der Waals surface area contributed by atoms with E-state index >= 15 is 0 Å². The third kappa shape index (κ3) is 4.14.